The number of halogens is 1. The minimum atomic E-state index is -0.354. The van der Waals surface area contributed by atoms with Crippen molar-refractivity contribution < 1.29 is 9.26 Å². The van der Waals surface area contributed by atoms with Crippen LogP contribution in [0.2, 0.25) is 0 Å². The standard InChI is InChI=1S/C23H26ClN5O4/c1-3-4-11-28-21-17(14-18(24)25-21)22(30)29(23(28)31)12-5-6-20-26-19(27-33-20)13-15-7-9-16(32-2)10-8-15/h7-10H,3-6,11-14H2,1-2H3. The molecule has 3 aromatic rings. The largest absolute Gasteiger partial charge is 0.497 e. The molecule has 0 unspecified atom stereocenters. The van der Waals surface area contributed by atoms with Crippen molar-refractivity contribution in [2.24, 2.45) is 4.99 Å². The van der Waals surface area contributed by atoms with Crippen LogP contribution >= 0.6 is 11.6 Å². The summed E-state index contributed by atoms with van der Waals surface area (Å²) in [5, 5.41) is 4.37. The van der Waals surface area contributed by atoms with Crippen LogP contribution in [0.5, 0.6) is 5.75 Å². The fourth-order valence-electron chi connectivity index (χ4n) is 3.82. The molecule has 1 aliphatic rings. The lowest BCUT2D eigenvalue weighted by Crippen LogP contribution is -2.41. The Kier molecular flexibility index (Phi) is 7.08. The Morgan fingerprint density at radius 1 is 1.12 bits per heavy atom. The highest BCUT2D eigenvalue weighted by atomic mass is 35.5. The predicted molar refractivity (Wildman–Crippen MR) is 125 cm³/mol. The molecule has 0 saturated carbocycles. The zero-order valence-electron chi connectivity index (χ0n) is 18.7. The predicted octanol–water partition coefficient (Wildman–Crippen LogP) is 3.25. The highest BCUT2D eigenvalue weighted by Crippen LogP contribution is 2.24. The quantitative estimate of drug-likeness (QED) is 0.449. The van der Waals surface area contributed by atoms with Gasteiger partial charge in [0.2, 0.25) is 5.89 Å². The molecule has 33 heavy (non-hydrogen) atoms. The lowest BCUT2D eigenvalue weighted by molar-refractivity contribution is 0.366. The highest BCUT2D eigenvalue weighted by Gasteiger charge is 2.24. The molecule has 0 amide bonds. The molecule has 0 saturated heterocycles. The summed E-state index contributed by atoms with van der Waals surface area (Å²) in [6.07, 6.45) is 3.52. The van der Waals surface area contributed by atoms with Gasteiger partial charge in [0.15, 0.2) is 5.82 Å². The second-order valence-electron chi connectivity index (χ2n) is 7.94. The van der Waals surface area contributed by atoms with Gasteiger partial charge in [-0.25, -0.2) is 9.79 Å². The van der Waals surface area contributed by atoms with Crippen molar-refractivity contribution in [3.63, 3.8) is 0 Å². The van der Waals surface area contributed by atoms with Crippen LogP contribution in [0.15, 0.2) is 43.4 Å². The molecular weight excluding hydrogens is 446 g/mol. The first kappa shape index (κ1) is 23.0. The van der Waals surface area contributed by atoms with Crippen LogP contribution in [0.1, 0.15) is 49.0 Å². The molecule has 0 spiro atoms. The van der Waals surface area contributed by atoms with Gasteiger partial charge >= 0.3 is 5.69 Å². The third-order valence-corrected chi connectivity index (χ3v) is 5.80. The van der Waals surface area contributed by atoms with Gasteiger partial charge in [0.05, 0.1) is 12.7 Å². The molecule has 9 nitrogen and oxygen atoms in total. The zero-order chi connectivity index (χ0) is 23.4. The average Bonchev–Trinajstić information content (AvgIpc) is 3.43. The topological polar surface area (TPSA) is 105 Å². The summed E-state index contributed by atoms with van der Waals surface area (Å²) in [5.41, 5.74) is 0.845. The van der Waals surface area contributed by atoms with Crippen molar-refractivity contribution >= 4 is 22.6 Å². The number of aryl methyl sites for hydroxylation is 1. The van der Waals surface area contributed by atoms with E-state index in [1.165, 1.54) is 4.57 Å². The first-order valence-corrected chi connectivity index (χ1v) is 11.4. The van der Waals surface area contributed by atoms with Crippen molar-refractivity contribution in [3.8, 4) is 5.75 Å². The van der Waals surface area contributed by atoms with E-state index in [-0.39, 0.29) is 24.2 Å². The van der Waals surface area contributed by atoms with E-state index in [9.17, 15) is 9.59 Å². The smallest absolute Gasteiger partial charge is 0.332 e. The normalized spacial score (nSPS) is 12.6. The first-order chi connectivity index (χ1) is 16.0. The Hall–Kier alpha value is -3.20. The molecule has 0 N–H and O–H groups in total. The number of rotatable bonds is 10. The van der Waals surface area contributed by atoms with Crippen molar-refractivity contribution in [1.29, 1.82) is 0 Å². The fraction of sp³-hybridized carbons (Fsp3) is 0.435. The van der Waals surface area contributed by atoms with Crippen LogP contribution in [0.25, 0.3) is 0 Å². The fourth-order valence-corrected chi connectivity index (χ4v) is 4.03. The van der Waals surface area contributed by atoms with Crippen LogP contribution in [0, 0.1) is 0 Å². The molecule has 0 fully saturated rings. The summed E-state index contributed by atoms with van der Waals surface area (Å²) in [6.45, 7) is 2.81. The van der Waals surface area contributed by atoms with Gasteiger partial charge in [-0.05, 0) is 30.5 Å². The van der Waals surface area contributed by atoms with E-state index in [2.05, 4.69) is 15.1 Å². The van der Waals surface area contributed by atoms with E-state index >= 15 is 0 Å². The molecule has 0 aliphatic carbocycles. The van der Waals surface area contributed by atoms with E-state index in [0.29, 0.717) is 54.1 Å². The zero-order valence-corrected chi connectivity index (χ0v) is 19.5. The Morgan fingerprint density at radius 3 is 2.61 bits per heavy atom. The molecule has 1 aromatic carbocycles. The van der Waals surface area contributed by atoms with Gasteiger partial charge in [0, 0.05) is 32.4 Å². The van der Waals surface area contributed by atoms with Gasteiger partial charge in [-0.15, -0.1) is 0 Å². The summed E-state index contributed by atoms with van der Waals surface area (Å²) in [6, 6.07) is 7.68. The van der Waals surface area contributed by atoms with Crippen molar-refractivity contribution in [2.75, 3.05) is 7.11 Å². The Morgan fingerprint density at radius 2 is 1.88 bits per heavy atom. The van der Waals surface area contributed by atoms with Crippen LogP contribution in [-0.4, -0.2) is 31.6 Å². The second kappa shape index (κ2) is 10.2. The summed E-state index contributed by atoms with van der Waals surface area (Å²) < 4.78 is 13.4. The molecule has 3 heterocycles. The molecule has 10 heteroatoms. The van der Waals surface area contributed by atoms with Gasteiger partial charge in [-0.3, -0.25) is 13.9 Å². The summed E-state index contributed by atoms with van der Waals surface area (Å²) in [4.78, 5) is 34.6. The Balaban J connectivity index is 1.43. The molecular formula is C23H26ClN5O4. The van der Waals surface area contributed by atoms with E-state index in [1.54, 1.807) is 11.7 Å². The second-order valence-corrected chi connectivity index (χ2v) is 8.38. The number of hydrogen-bond donors (Lipinski definition) is 0. The Labute approximate surface area is 195 Å². The Bertz CT molecular complexity index is 1270. The summed E-state index contributed by atoms with van der Waals surface area (Å²) in [7, 11) is 1.63. The van der Waals surface area contributed by atoms with E-state index < -0.39 is 0 Å². The molecule has 2 aromatic heterocycles. The minimum Gasteiger partial charge on any atom is -0.497 e. The molecule has 4 rings (SSSR count). The first-order valence-electron chi connectivity index (χ1n) is 11.0. The number of aromatic nitrogens is 4. The highest BCUT2D eigenvalue weighted by molar-refractivity contribution is 6.66. The van der Waals surface area contributed by atoms with Crippen molar-refractivity contribution in [3.05, 3.63) is 67.9 Å². The number of hydrogen-bond acceptors (Lipinski definition) is 7. The monoisotopic (exact) mass is 471 g/mol. The van der Waals surface area contributed by atoms with Crippen LogP contribution in [0.3, 0.4) is 0 Å². The van der Waals surface area contributed by atoms with Gasteiger partial charge in [0.25, 0.3) is 5.56 Å². The maximum Gasteiger partial charge on any atom is 0.332 e. The average molecular weight is 472 g/mol. The number of methoxy groups -OCH3 is 1. The van der Waals surface area contributed by atoms with Gasteiger partial charge in [0.1, 0.15) is 16.7 Å². The molecule has 174 valence electrons. The third kappa shape index (κ3) is 5.08. The number of ether oxygens (including phenoxy) is 1. The minimum absolute atomic E-state index is 0.255. The van der Waals surface area contributed by atoms with Gasteiger partial charge in [-0.2, -0.15) is 4.98 Å². The molecule has 0 radical (unpaired) electrons. The lowest BCUT2D eigenvalue weighted by atomic mass is 10.1. The van der Waals surface area contributed by atoms with Gasteiger partial charge in [-0.1, -0.05) is 42.2 Å². The summed E-state index contributed by atoms with van der Waals surface area (Å²) >= 11 is 6.07. The molecule has 1 aliphatic heterocycles. The maximum atomic E-state index is 13.0. The van der Waals surface area contributed by atoms with E-state index in [1.807, 2.05) is 31.2 Å². The van der Waals surface area contributed by atoms with Crippen LogP contribution in [-0.2, 0) is 32.4 Å². The van der Waals surface area contributed by atoms with Crippen molar-refractivity contribution in [1.82, 2.24) is 19.3 Å². The number of fused-ring (bicyclic) bond motifs is 1. The van der Waals surface area contributed by atoms with Gasteiger partial charge < -0.3 is 9.26 Å². The number of benzene rings is 1. The molecule has 0 atom stereocenters. The number of unbranched alkanes of at least 4 members (excludes halogenated alkanes) is 1. The summed E-state index contributed by atoms with van der Waals surface area (Å²) in [5.74, 6) is 2.25. The number of nitrogens with zero attached hydrogens (tertiary/aromatic N) is 5. The van der Waals surface area contributed by atoms with Crippen molar-refractivity contribution in [2.45, 2.75) is 58.5 Å². The van der Waals surface area contributed by atoms with E-state index in [4.69, 9.17) is 20.9 Å². The van der Waals surface area contributed by atoms with Crippen LogP contribution in [0.4, 0.5) is 5.82 Å². The number of aliphatic imine (C=N–C) groups is 1. The lowest BCUT2D eigenvalue weighted by Gasteiger charge is -2.13. The van der Waals surface area contributed by atoms with Crippen LogP contribution < -0.4 is 16.0 Å². The maximum absolute atomic E-state index is 13.0. The SMILES string of the molecule is CCCCn1c2c(c(=O)n(CCCc3nc(Cc4ccc(OC)cc4)no3)c1=O)CC(Cl)=N2. The van der Waals surface area contributed by atoms with E-state index in [0.717, 1.165) is 24.2 Å². The third-order valence-electron chi connectivity index (χ3n) is 5.58. The molecule has 0 bridgehead atoms.